The molecule has 0 saturated heterocycles. The Balaban J connectivity index is 2.43. The molecule has 0 heterocycles. The van der Waals surface area contributed by atoms with Crippen LogP contribution in [0.2, 0.25) is 5.02 Å². The minimum Gasteiger partial charge on any atom is -0.598 e. The quantitative estimate of drug-likeness (QED) is 0.289. The molecule has 0 aliphatic heterocycles. The van der Waals surface area contributed by atoms with Crippen LogP contribution >= 0.6 is 11.6 Å². The average molecular weight is 426 g/mol. The van der Waals surface area contributed by atoms with E-state index in [0.29, 0.717) is 17.9 Å². The molecule has 1 unspecified atom stereocenters. The van der Waals surface area contributed by atoms with Crippen molar-refractivity contribution in [1.29, 1.82) is 0 Å². The maximum atomic E-state index is 13.3. The zero-order valence-corrected chi connectivity index (χ0v) is 18.7. The van der Waals surface area contributed by atoms with Gasteiger partial charge in [0.25, 0.3) is 0 Å². The highest BCUT2D eigenvalue weighted by Gasteiger charge is 2.50. The van der Waals surface area contributed by atoms with Crippen molar-refractivity contribution in [3.05, 3.63) is 47.5 Å². The van der Waals surface area contributed by atoms with Crippen molar-refractivity contribution in [2.24, 2.45) is 5.41 Å². The highest BCUT2D eigenvalue weighted by atomic mass is 35.5. The summed E-state index contributed by atoms with van der Waals surface area (Å²) in [5.41, 5.74) is 0.198. The number of carbonyl (C=O) groups excluding carboxylic acids is 1. The van der Waals surface area contributed by atoms with Crippen LogP contribution in [0.4, 0.5) is 0 Å². The summed E-state index contributed by atoms with van der Waals surface area (Å²) in [6, 6.07) is 7.37. The second-order valence-corrected chi connectivity index (χ2v) is 10.9. The Morgan fingerprint density at radius 2 is 2.18 bits per heavy atom. The minimum atomic E-state index is -1.28. The maximum absolute atomic E-state index is 13.3. The Kier molecular flexibility index (Phi) is 8.44. The van der Waals surface area contributed by atoms with Crippen molar-refractivity contribution < 1.29 is 14.1 Å². The number of hydrogen-bond acceptors (Lipinski definition) is 4. The van der Waals surface area contributed by atoms with Gasteiger partial charge in [0.05, 0.1) is 11.5 Å². The summed E-state index contributed by atoms with van der Waals surface area (Å²) in [6.07, 6.45) is 6.53. The van der Waals surface area contributed by atoms with Crippen LogP contribution in [0.25, 0.3) is 0 Å². The van der Waals surface area contributed by atoms with Gasteiger partial charge in [0, 0.05) is 16.4 Å². The van der Waals surface area contributed by atoms with Crippen molar-refractivity contribution in [2.75, 3.05) is 6.61 Å². The van der Waals surface area contributed by atoms with E-state index >= 15 is 0 Å². The standard InChI is InChI=1S/C22H32ClNO3S/c1-5-14-27-20(25)22(16-17-10-9-11-18(23)15-17)13-8-6-7-12-19(22)24-28(26)21(2,3)4/h5,9-11,15,19,24H,1,6-8,12-14,16H2,2-4H3/t19-,22+,28?/m1/s1. The first-order valence-corrected chi connectivity index (χ1v) is 11.4. The first-order chi connectivity index (χ1) is 13.2. The maximum Gasteiger partial charge on any atom is 0.314 e. The van der Waals surface area contributed by atoms with E-state index in [4.69, 9.17) is 16.3 Å². The van der Waals surface area contributed by atoms with Crippen LogP contribution in [-0.2, 0) is 27.3 Å². The van der Waals surface area contributed by atoms with Crippen molar-refractivity contribution in [3.63, 3.8) is 0 Å². The second-order valence-electron chi connectivity index (χ2n) is 8.50. The van der Waals surface area contributed by atoms with Gasteiger partial charge in [-0.15, -0.1) is 4.72 Å². The molecular formula is C22H32ClNO3S. The van der Waals surface area contributed by atoms with Gasteiger partial charge in [-0.1, -0.05) is 55.7 Å². The second kappa shape index (κ2) is 10.1. The zero-order chi connectivity index (χ0) is 20.8. The summed E-state index contributed by atoms with van der Waals surface area (Å²) in [7, 11) is 0. The SMILES string of the molecule is C=CCOC(=O)[C@]1(Cc2cccc(Cl)c2)CCCCC[C@H]1N[S+]([O-])C(C)(C)C. The van der Waals surface area contributed by atoms with Crippen LogP contribution in [-0.4, -0.2) is 27.9 Å². The van der Waals surface area contributed by atoms with Crippen LogP contribution in [0.5, 0.6) is 0 Å². The average Bonchev–Trinajstić information content (AvgIpc) is 2.82. The third kappa shape index (κ3) is 5.99. The fourth-order valence-electron chi connectivity index (χ4n) is 3.71. The first-order valence-electron chi connectivity index (χ1n) is 9.89. The monoisotopic (exact) mass is 425 g/mol. The lowest BCUT2D eigenvalue weighted by Crippen LogP contribution is -2.56. The van der Waals surface area contributed by atoms with Gasteiger partial charge in [0.15, 0.2) is 0 Å². The molecule has 0 bridgehead atoms. The van der Waals surface area contributed by atoms with Crippen LogP contribution in [0.3, 0.4) is 0 Å². The molecule has 4 nitrogen and oxygen atoms in total. The lowest BCUT2D eigenvalue weighted by molar-refractivity contribution is -0.157. The minimum absolute atomic E-state index is 0.172. The van der Waals surface area contributed by atoms with Gasteiger partial charge in [-0.05, 0) is 57.7 Å². The Bertz CT molecular complexity index is 676. The molecule has 0 radical (unpaired) electrons. The number of ether oxygens (including phenoxy) is 1. The molecule has 1 fully saturated rings. The van der Waals surface area contributed by atoms with Crippen molar-refractivity contribution in [2.45, 2.75) is 70.1 Å². The lowest BCUT2D eigenvalue weighted by atomic mass is 9.72. The fraction of sp³-hybridized carbons (Fsp3) is 0.591. The number of hydrogen-bond donors (Lipinski definition) is 1. The van der Waals surface area contributed by atoms with E-state index in [2.05, 4.69) is 11.3 Å². The van der Waals surface area contributed by atoms with Crippen LogP contribution < -0.4 is 4.72 Å². The van der Waals surface area contributed by atoms with Gasteiger partial charge < -0.3 is 9.29 Å². The lowest BCUT2D eigenvalue weighted by Gasteiger charge is -2.39. The van der Waals surface area contributed by atoms with Gasteiger partial charge in [-0.25, -0.2) is 0 Å². The third-order valence-electron chi connectivity index (χ3n) is 5.24. The third-order valence-corrected chi connectivity index (χ3v) is 7.08. The zero-order valence-electron chi connectivity index (χ0n) is 17.1. The molecule has 6 heteroatoms. The Morgan fingerprint density at radius 3 is 2.82 bits per heavy atom. The molecule has 156 valence electrons. The predicted octanol–water partition coefficient (Wildman–Crippen LogP) is 4.98. The fourth-order valence-corrected chi connectivity index (χ4v) is 4.88. The number of carbonyl (C=O) groups is 1. The highest BCUT2D eigenvalue weighted by Crippen LogP contribution is 2.41. The number of rotatable bonds is 7. The Morgan fingerprint density at radius 1 is 1.43 bits per heavy atom. The van der Waals surface area contributed by atoms with Crippen LogP contribution in [0.15, 0.2) is 36.9 Å². The molecule has 1 aliphatic carbocycles. The predicted molar refractivity (Wildman–Crippen MR) is 117 cm³/mol. The molecule has 1 aromatic carbocycles. The number of nitrogens with one attached hydrogen (secondary N) is 1. The Hall–Kier alpha value is -1.01. The summed E-state index contributed by atoms with van der Waals surface area (Å²) in [4.78, 5) is 13.3. The van der Waals surface area contributed by atoms with E-state index in [1.54, 1.807) is 6.08 Å². The summed E-state index contributed by atoms with van der Waals surface area (Å²) in [6.45, 7) is 9.62. The number of benzene rings is 1. The molecule has 0 spiro atoms. The van der Waals surface area contributed by atoms with Crippen molar-refractivity contribution >= 4 is 28.9 Å². The normalized spacial score (nSPS) is 24.2. The molecule has 28 heavy (non-hydrogen) atoms. The van der Waals surface area contributed by atoms with E-state index in [1.807, 2.05) is 45.0 Å². The number of halogens is 1. The van der Waals surface area contributed by atoms with Crippen molar-refractivity contribution in [3.8, 4) is 0 Å². The summed E-state index contributed by atoms with van der Waals surface area (Å²) >= 11 is 4.91. The molecule has 1 aromatic rings. The van der Waals surface area contributed by atoms with Gasteiger partial charge in [0.1, 0.15) is 11.4 Å². The van der Waals surface area contributed by atoms with Gasteiger partial charge in [-0.3, -0.25) is 4.79 Å². The molecule has 1 N–H and O–H groups in total. The molecular weight excluding hydrogens is 394 g/mol. The summed E-state index contributed by atoms with van der Waals surface area (Å²) in [5.74, 6) is -0.252. The number of esters is 1. The molecule has 3 atom stereocenters. The van der Waals surface area contributed by atoms with E-state index in [9.17, 15) is 9.35 Å². The van der Waals surface area contributed by atoms with Crippen LogP contribution in [0.1, 0.15) is 58.4 Å². The molecule has 1 aliphatic rings. The van der Waals surface area contributed by atoms with E-state index in [1.165, 1.54) is 0 Å². The van der Waals surface area contributed by atoms with E-state index in [0.717, 1.165) is 31.2 Å². The molecule has 0 amide bonds. The van der Waals surface area contributed by atoms with Gasteiger partial charge in [-0.2, -0.15) is 0 Å². The summed E-state index contributed by atoms with van der Waals surface area (Å²) < 4.78 is 21.3. The highest BCUT2D eigenvalue weighted by molar-refractivity contribution is 7.90. The largest absolute Gasteiger partial charge is 0.598 e. The first kappa shape index (κ1) is 23.3. The summed E-state index contributed by atoms with van der Waals surface area (Å²) in [5, 5.41) is 0.642. The molecule has 1 saturated carbocycles. The smallest absolute Gasteiger partial charge is 0.314 e. The van der Waals surface area contributed by atoms with Gasteiger partial charge in [0.2, 0.25) is 0 Å². The topological polar surface area (TPSA) is 61.4 Å². The van der Waals surface area contributed by atoms with Gasteiger partial charge >= 0.3 is 5.97 Å². The van der Waals surface area contributed by atoms with E-state index in [-0.39, 0.29) is 18.6 Å². The Labute approximate surface area is 177 Å². The van der Waals surface area contributed by atoms with Crippen LogP contribution in [0, 0.1) is 5.41 Å². The molecule has 0 aromatic heterocycles. The van der Waals surface area contributed by atoms with Crippen molar-refractivity contribution in [1.82, 2.24) is 4.72 Å². The van der Waals surface area contributed by atoms with E-state index < -0.39 is 21.5 Å². The molecule has 2 rings (SSSR count).